The van der Waals surface area contributed by atoms with E-state index in [0.717, 1.165) is 40.8 Å². The summed E-state index contributed by atoms with van der Waals surface area (Å²) in [7, 11) is 0. The van der Waals surface area contributed by atoms with Gasteiger partial charge in [-0.15, -0.1) is 0 Å². The van der Waals surface area contributed by atoms with Crippen LogP contribution < -0.4 is 4.46 Å². The van der Waals surface area contributed by atoms with Crippen molar-refractivity contribution in [3.05, 3.63) is 28.8 Å². The van der Waals surface area contributed by atoms with E-state index in [9.17, 15) is 9.59 Å². The van der Waals surface area contributed by atoms with Crippen molar-refractivity contribution in [2.45, 2.75) is 51.3 Å². The molecule has 0 aromatic heterocycles. The molecule has 0 aliphatic heterocycles. The first-order valence-corrected chi connectivity index (χ1v) is 8.72. The van der Waals surface area contributed by atoms with E-state index in [1.54, 1.807) is 0 Å². The molecule has 0 saturated heterocycles. The Morgan fingerprint density at radius 2 is 1.63 bits per heavy atom. The first-order chi connectivity index (χ1) is 8.93. The summed E-state index contributed by atoms with van der Waals surface area (Å²) in [5.41, 5.74) is 2.40. The third-order valence-electron chi connectivity index (χ3n) is 3.01. The minimum absolute atomic E-state index is 0.0511. The summed E-state index contributed by atoms with van der Waals surface area (Å²) in [5.74, 6) is 0. The predicted octanol–water partition coefficient (Wildman–Crippen LogP) is 3.16. The predicted molar refractivity (Wildman–Crippen MR) is 81.0 cm³/mol. The van der Waals surface area contributed by atoms with Crippen molar-refractivity contribution in [2.24, 2.45) is 0 Å². The SMILES string of the molecule is CCCC[Se]c1c(C=O)cc(C(C)(C)C)cc1C=O. The molecule has 1 rings (SSSR count). The van der Waals surface area contributed by atoms with Gasteiger partial charge in [-0.2, -0.15) is 0 Å². The van der Waals surface area contributed by atoms with E-state index in [-0.39, 0.29) is 20.4 Å². The third kappa shape index (κ3) is 4.29. The zero-order chi connectivity index (χ0) is 14.5. The molecule has 0 aliphatic rings. The van der Waals surface area contributed by atoms with Crippen molar-refractivity contribution in [3.63, 3.8) is 0 Å². The fourth-order valence-electron chi connectivity index (χ4n) is 1.77. The van der Waals surface area contributed by atoms with Crippen molar-refractivity contribution >= 4 is 32.0 Å². The van der Waals surface area contributed by atoms with Crippen LogP contribution in [0, 0.1) is 0 Å². The summed E-state index contributed by atoms with van der Waals surface area (Å²) in [6.45, 7) is 8.42. The van der Waals surface area contributed by atoms with E-state index in [0.29, 0.717) is 11.1 Å². The quantitative estimate of drug-likeness (QED) is 0.457. The molecule has 0 saturated carbocycles. The van der Waals surface area contributed by atoms with Crippen LogP contribution in [-0.4, -0.2) is 27.5 Å². The molecule has 0 N–H and O–H groups in total. The number of hydrogen-bond acceptors (Lipinski definition) is 2. The Hall–Kier alpha value is -0.921. The molecule has 19 heavy (non-hydrogen) atoms. The Kier molecular flexibility index (Phi) is 5.96. The first kappa shape index (κ1) is 16.1. The molecule has 0 spiro atoms. The van der Waals surface area contributed by atoms with Crippen LogP contribution in [0.4, 0.5) is 0 Å². The molecule has 0 unspecified atom stereocenters. The average molecular weight is 325 g/mol. The van der Waals surface area contributed by atoms with E-state index in [4.69, 9.17) is 0 Å². The van der Waals surface area contributed by atoms with Crippen molar-refractivity contribution < 1.29 is 9.59 Å². The molecule has 0 bridgehead atoms. The van der Waals surface area contributed by atoms with Crippen molar-refractivity contribution in [3.8, 4) is 0 Å². The number of unbranched alkanes of at least 4 members (excludes halogenated alkanes) is 1. The van der Waals surface area contributed by atoms with E-state index in [1.807, 2.05) is 12.1 Å². The standard InChI is InChI=1S/C16H22O2Se/c1-5-6-7-19-15-12(10-17)8-14(16(2,3)4)9-13(15)11-18/h8-11H,5-7H2,1-4H3. The molecular weight excluding hydrogens is 303 g/mol. The Morgan fingerprint density at radius 3 is 2.00 bits per heavy atom. The van der Waals surface area contributed by atoms with Gasteiger partial charge in [-0.1, -0.05) is 0 Å². The fourth-order valence-corrected chi connectivity index (χ4v) is 4.25. The van der Waals surface area contributed by atoms with Crippen LogP contribution in [0.25, 0.3) is 0 Å². The van der Waals surface area contributed by atoms with E-state index in [1.165, 1.54) is 0 Å². The number of carbonyl (C=O) groups excluding carboxylic acids is 2. The van der Waals surface area contributed by atoms with Gasteiger partial charge in [-0.3, -0.25) is 0 Å². The molecule has 0 amide bonds. The van der Waals surface area contributed by atoms with Crippen LogP contribution in [0.3, 0.4) is 0 Å². The van der Waals surface area contributed by atoms with Gasteiger partial charge >= 0.3 is 122 Å². The van der Waals surface area contributed by atoms with Gasteiger partial charge in [-0.25, -0.2) is 0 Å². The molecular formula is C16H22O2Se. The average Bonchev–Trinajstić information content (AvgIpc) is 2.37. The van der Waals surface area contributed by atoms with Crippen LogP contribution in [0.2, 0.25) is 5.32 Å². The van der Waals surface area contributed by atoms with Gasteiger partial charge in [0.05, 0.1) is 0 Å². The van der Waals surface area contributed by atoms with Gasteiger partial charge in [0, 0.05) is 0 Å². The monoisotopic (exact) mass is 326 g/mol. The van der Waals surface area contributed by atoms with Crippen molar-refractivity contribution in [2.75, 3.05) is 0 Å². The first-order valence-electron chi connectivity index (χ1n) is 6.65. The van der Waals surface area contributed by atoms with Gasteiger partial charge in [0.15, 0.2) is 0 Å². The van der Waals surface area contributed by atoms with Crippen molar-refractivity contribution in [1.82, 2.24) is 0 Å². The van der Waals surface area contributed by atoms with Gasteiger partial charge < -0.3 is 0 Å². The second-order valence-corrected chi connectivity index (χ2v) is 7.99. The van der Waals surface area contributed by atoms with Crippen LogP contribution >= 0.6 is 0 Å². The molecule has 0 atom stereocenters. The number of carbonyl (C=O) groups is 2. The van der Waals surface area contributed by atoms with E-state index < -0.39 is 0 Å². The maximum atomic E-state index is 11.3. The molecule has 2 nitrogen and oxygen atoms in total. The summed E-state index contributed by atoms with van der Waals surface area (Å²) in [4.78, 5) is 22.6. The number of rotatable bonds is 6. The van der Waals surface area contributed by atoms with Crippen LogP contribution in [0.5, 0.6) is 0 Å². The number of benzene rings is 1. The second kappa shape index (κ2) is 7.02. The Morgan fingerprint density at radius 1 is 1.11 bits per heavy atom. The molecule has 0 fully saturated rings. The summed E-state index contributed by atoms with van der Waals surface area (Å²) in [6.07, 6.45) is 4.09. The molecule has 1 aromatic rings. The summed E-state index contributed by atoms with van der Waals surface area (Å²) < 4.78 is 0.971. The summed E-state index contributed by atoms with van der Waals surface area (Å²) in [6, 6.07) is 3.89. The fraction of sp³-hybridized carbons (Fsp3) is 0.500. The normalized spacial score (nSPS) is 11.4. The van der Waals surface area contributed by atoms with Crippen LogP contribution in [-0.2, 0) is 5.41 Å². The Labute approximate surface area is 122 Å². The zero-order valence-electron chi connectivity index (χ0n) is 12.2. The van der Waals surface area contributed by atoms with E-state index >= 15 is 0 Å². The molecule has 3 heteroatoms. The number of aldehydes is 2. The maximum absolute atomic E-state index is 11.3. The van der Waals surface area contributed by atoms with Crippen LogP contribution in [0.15, 0.2) is 12.1 Å². The summed E-state index contributed by atoms with van der Waals surface area (Å²) >= 11 is 0.207. The molecule has 1 aromatic carbocycles. The third-order valence-corrected chi connectivity index (χ3v) is 5.64. The van der Waals surface area contributed by atoms with E-state index in [2.05, 4.69) is 27.7 Å². The van der Waals surface area contributed by atoms with Crippen molar-refractivity contribution in [1.29, 1.82) is 0 Å². The second-order valence-electron chi connectivity index (χ2n) is 5.67. The molecule has 104 valence electrons. The zero-order valence-corrected chi connectivity index (χ0v) is 13.9. The molecule has 0 heterocycles. The van der Waals surface area contributed by atoms with Gasteiger partial charge in [0.25, 0.3) is 0 Å². The van der Waals surface area contributed by atoms with Gasteiger partial charge in [0.2, 0.25) is 0 Å². The minimum atomic E-state index is -0.0511. The molecule has 0 aliphatic carbocycles. The Bertz CT molecular complexity index is 429. The van der Waals surface area contributed by atoms with Crippen LogP contribution in [0.1, 0.15) is 66.8 Å². The Balaban J connectivity index is 3.22. The van der Waals surface area contributed by atoms with Gasteiger partial charge in [-0.05, 0) is 0 Å². The molecule has 0 radical (unpaired) electrons. The topological polar surface area (TPSA) is 34.1 Å². The summed E-state index contributed by atoms with van der Waals surface area (Å²) in [5, 5.41) is 1.08. The number of hydrogen-bond donors (Lipinski definition) is 0. The van der Waals surface area contributed by atoms with Gasteiger partial charge in [0.1, 0.15) is 0 Å².